The fraction of sp³-hybridized carbons (Fsp3) is 0.409. The molecule has 0 atom stereocenters. The number of benzene rings is 1. The lowest BCUT2D eigenvalue weighted by molar-refractivity contribution is -0.113. The van der Waals surface area contributed by atoms with E-state index in [9.17, 15) is 10.1 Å². The van der Waals surface area contributed by atoms with Crippen molar-refractivity contribution >= 4 is 23.4 Å². The summed E-state index contributed by atoms with van der Waals surface area (Å²) in [6.45, 7) is 2.54. The van der Waals surface area contributed by atoms with Crippen molar-refractivity contribution in [3.8, 4) is 11.8 Å². The number of aromatic nitrogens is 1. The summed E-state index contributed by atoms with van der Waals surface area (Å²) in [7, 11) is 0. The van der Waals surface area contributed by atoms with Crippen LogP contribution in [0.4, 0.5) is 5.69 Å². The molecular weight excluding hydrogens is 370 g/mol. The van der Waals surface area contributed by atoms with E-state index in [4.69, 9.17) is 9.72 Å². The third-order valence-electron chi connectivity index (χ3n) is 4.68. The van der Waals surface area contributed by atoms with Crippen LogP contribution in [0.25, 0.3) is 0 Å². The third-order valence-corrected chi connectivity index (χ3v) is 5.67. The lowest BCUT2D eigenvalue weighted by atomic mass is 9.96. The Morgan fingerprint density at radius 2 is 1.96 bits per heavy atom. The van der Waals surface area contributed by atoms with Gasteiger partial charge in [0.2, 0.25) is 5.91 Å². The Bertz CT molecular complexity index is 859. The summed E-state index contributed by atoms with van der Waals surface area (Å²) in [5.74, 6) is 0.873. The molecular formula is C22H25N3O2S. The quantitative estimate of drug-likeness (QED) is 0.715. The number of rotatable bonds is 6. The summed E-state index contributed by atoms with van der Waals surface area (Å²) in [4.78, 5) is 17.1. The molecule has 0 bridgehead atoms. The zero-order valence-electron chi connectivity index (χ0n) is 16.2. The summed E-state index contributed by atoms with van der Waals surface area (Å²) in [5.41, 5.74) is 3.58. The number of hydrogen-bond donors (Lipinski definition) is 1. The molecule has 0 aliphatic heterocycles. The van der Waals surface area contributed by atoms with Crippen molar-refractivity contribution in [3.63, 3.8) is 0 Å². The van der Waals surface area contributed by atoms with Gasteiger partial charge in [0.1, 0.15) is 16.8 Å². The molecule has 0 unspecified atom stereocenters. The van der Waals surface area contributed by atoms with Crippen LogP contribution in [0.3, 0.4) is 0 Å². The molecule has 0 saturated carbocycles. The summed E-state index contributed by atoms with van der Waals surface area (Å²) < 4.78 is 5.40. The largest absolute Gasteiger partial charge is 0.494 e. The van der Waals surface area contributed by atoms with Gasteiger partial charge in [-0.25, -0.2) is 4.98 Å². The van der Waals surface area contributed by atoms with Crippen LogP contribution in [0.2, 0.25) is 0 Å². The Morgan fingerprint density at radius 3 is 2.68 bits per heavy atom. The van der Waals surface area contributed by atoms with E-state index in [0.29, 0.717) is 17.2 Å². The Hall–Kier alpha value is -2.52. The molecule has 1 aromatic carbocycles. The Balaban J connectivity index is 1.63. The topological polar surface area (TPSA) is 75.0 Å². The zero-order valence-corrected chi connectivity index (χ0v) is 17.0. The van der Waals surface area contributed by atoms with Crippen LogP contribution in [0, 0.1) is 11.3 Å². The average Bonchev–Trinajstić information content (AvgIpc) is 2.68. The minimum atomic E-state index is -0.119. The van der Waals surface area contributed by atoms with E-state index in [1.54, 1.807) is 0 Å². The molecule has 0 spiro atoms. The van der Waals surface area contributed by atoms with Crippen molar-refractivity contribution in [3.05, 3.63) is 47.2 Å². The number of nitrogens with one attached hydrogen (secondary N) is 1. The molecule has 146 valence electrons. The van der Waals surface area contributed by atoms with Gasteiger partial charge in [-0.2, -0.15) is 5.26 Å². The van der Waals surface area contributed by atoms with Gasteiger partial charge in [-0.1, -0.05) is 24.6 Å². The highest BCUT2D eigenvalue weighted by atomic mass is 32.2. The molecule has 1 heterocycles. The summed E-state index contributed by atoms with van der Waals surface area (Å²) in [6.07, 6.45) is 6.69. The lowest BCUT2D eigenvalue weighted by Gasteiger charge is -2.15. The predicted octanol–water partition coefficient (Wildman–Crippen LogP) is 4.74. The van der Waals surface area contributed by atoms with Crippen molar-refractivity contribution < 1.29 is 9.53 Å². The second kappa shape index (κ2) is 10.1. The maximum absolute atomic E-state index is 12.3. The predicted molar refractivity (Wildman–Crippen MR) is 112 cm³/mol. The van der Waals surface area contributed by atoms with Crippen molar-refractivity contribution in [2.75, 3.05) is 17.7 Å². The van der Waals surface area contributed by atoms with Gasteiger partial charge >= 0.3 is 0 Å². The van der Waals surface area contributed by atoms with Gasteiger partial charge in [0, 0.05) is 11.4 Å². The van der Waals surface area contributed by atoms with Gasteiger partial charge in [-0.05, 0) is 68.5 Å². The number of fused-ring (bicyclic) bond motifs is 1. The van der Waals surface area contributed by atoms with E-state index in [1.165, 1.54) is 30.2 Å². The first-order chi connectivity index (χ1) is 13.7. The van der Waals surface area contributed by atoms with Crippen LogP contribution < -0.4 is 10.1 Å². The van der Waals surface area contributed by atoms with Gasteiger partial charge in [0.25, 0.3) is 0 Å². The molecule has 3 rings (SSSR count). The summed E-state index contributed by atoms with van der Waals surface area (Å²) >= 11 is 1.32. The second-order valence-corrected chi connectivity index (χ2v) is 7.73. The average molecular weight is 396 g/mol. The van der Waals surface area contributed by atoms with Crippen LogP contribution in [-0.4, -0.2) is 23.3 Å². The third kappa shape index (κ3) is 5.49. The number of hydrogen-bond acceptors (Lipinski definition) is 5. The molecule has 0 saturated heterocycles. The molecule has 0 radical (unpaired) electrons. The number of carbonyl (C=O) groups excluding carboxylic acids is 1. The van der Waals surface area contributed by atoms with Crippen LogP contribution in [-0.2, 0) is 17.6 Å². The number of amides is 1. The highest BCUT2D eigenvalue weighted by Gasteiger charge is 2.15. The number of pyridine rings is 1. The second-order valence-electron chi connectivity index (χ2n) is 6.77. The smallest absolute Gasteiger partial charge is 0.234 e. The standard InChI is InChI=1S/C22H25N3O2S/c1-2-27-19-11-9-18(10-12-19)24-21(26)15-28-22-17(14-23)13-16-7-5-3-4-6-8-20(16)25-22/h9-13H,2-8,15H2,1H3,(H,24,26). The van der Waals surface area contributed by atoms with Crippen LogP contribution in [0.5, 0.6) is 5.75 Å². The van der Waals surface area contributed by atoms with E-state index in [2.05, 4.69) is 11.4 Å². The minimum absolute atomic E-state index is 0.119. The number of thioether (sulfide) groups is 1. The van der Waals surface area contributed by atoms with Gasteiger partial charge in [0.05, 0.1) is 17.9 Å². The van der Waals surface area contributed by atoms with Crippen LogP contribution in [0.15, 0.2) is 35.4 Å². The van der Waals surface area contributed by atoms with Gasteiger partial charge in [-0.15, -0.1) is 0 Å². The Labute approximate surface area is 170 Å². The molecule has 1 amide bonds. The first-order valence-corrected chi connectivity index (χ1v) is 10.8. The molecule has 2 aromatic rings. The highest BCUT2D eigenvalue weighted by Crippen LogP contribution is 2.27. The number of anilines is 1. The van der Waals surface area contributed by atoms with E-state index in [1.807, 2.05) is 37.3 Å². The molecule has 5 nitrogen and oxygen atoms in total. The fourth-order valence-corrected chi connectivity index (χ4v) is 4.07. The first-order valence-electron chi connectivity index (χ1n) is 9.78. The highest BCUT2D eigenvalue weighted by molar-refractivity contribution is 8.00. The van der Waals surface area contributed by atoms with Crippen LogP contribution in [0.1, 0.15) is 49.4 Å². The normalized spacial score (nSPS) is 13.6. The SMILES string of the molecule is CCOc1ccc(NC(=O)CSc2nc3c(cc2C#N)CCCCCC3)cc1. The maximum atomic E-state index is 12.3. The van der Waals surface area contributed by atoms with Crippen molar-refractivity contribution in [1.82, 2.24) is 4.98 Å². The molecule has 1 aromatic heterocycles. The number of carbonyl (C=O) groups is 1. The van der Waals surface area contributed by atoms with Crippen LogP contribution >= 0.6 is 11.8 Å². The van der Waals surface area contributed by atoms with Crippen molar-refractivity contribution in [2.24, 2.45) is 0 Å². The number of ether oxygens (including phenoxy) is 1. The van der Waals surface area contributed by atoms with E-state index in [0.717, 1.165) is 42.8 Å². The zero-order chi connectivity index (χ0) is 19.8. The molecule has 1 aliphatic carbocycles. The first kappa shape index (κ1) is 20.2. The van der Waals surface area contributed by atoms with E-state index >= 15 is 0 Å². The molecule has 0 fully saturated rings. The Morgan fingerprint density at radius 1 is 1.21 bits per heavy atom. The maximum Gasteiger partial charge on any atom is 0.234 e. The number of nitrogens with zero attached hydrogens (tertiary/aromatic N) is 2. The number of aryl methyl sites for hydroxylation is 2. The molecule has 1 N–H and O–H groups in total. The van der Waals surface area contributed by atoms with Gasteiger partial charge < -0.3 is 10.1 Å². The lowest BCUT2D eigenvalue weighted by Crippen LogP contribution is -2.14. The number of nitriles is 1. The van der Waals surface area contributed by atoms with E-state index < -0.39 is 0 Å². The van der Waals surface area contributed by atoms with Crippen molar-refractivity contribution in [1.29, 1.82) is 5.26 Å². The summed E-state index contributed by atoms with van der Waals surface area (Å²) in [5, 5.41) is 13.0. The van der Waals surface area contributed by atoms with Crippen molar-refractivity contribution in [2.45, 2.75) is 50.5 Å². The monoisotopic (exact) mass is 395 g/mol. The summed E-state index contributed by atoms with van der Waals surface area (Å²) in [6, 6.07) is 11.5. The van der Waals surface area contributed by atoms with Gasteiger partial charge in [-0.3, -0.25) is 4.79 Å². The molecule has 1 aliphatic rings. The Kier molecular flexibility index (Phi) is 7.32. The van der Waals surface area contributed by atoms with Gasteiger partial charge in [0.15, 0.2) is 0 Å². The molecule has 28 heavy (non-hydrogen) atoms. The van der Waals surface area contributed by atoms with E-state index in [-0.39, 0.29) is 11.7 Å². The fourth-order valence-electron chi connectivity index (χ4n) is 3.29. The molecule has 6 heteroatoms. The minimum Gasteiger partial charge on any atom is -0.494 e.